The summed E-state index contributed by atoms with van der Waals surface area (Å²) in [5.74, 6) is -0.564. The molecule has 2 aromatic carbocycles. The standard InChI is InChI=1S/C18H13Cl2N3O3S/c1-9-3-4-11(7-15(9)20)16-10(2)27-18(21-16)22-17(24)13-8-12(23(25)26)5-6-14(13)19/h3-8H,1-2H3,(H,21,22,24). The lowest BCUT2D eigenvalue weighted by molar-refractivity contribution is -0.384. The van der Waals surface area contributed by atoms with Crippen LogP contribution in [0, 0.1) is 24.0 Å². The Morgan fingerprint density at radius 1 is 1.15 bits per heavy atom. The number of nitrogens with one attached hydrogen (secondary N) is 1. The third kappa shape index (κ3) is 4.10. The second kappa shape index (κ2) is 7.64. The zero-order valence-electron chi connectivity index (χ0n) is 14.2. The summed E-state index contributed by atoms with van der Waals surface area (Å²) in [7, 11) is 0. The van der Waals surface area contributed by atoms with Gasteiger partial charge in [-0.05, 0) is 31.5 Å². The molecule has 1 aromatic heterocycles. The van der Waals surface area contributed by atoms with Crippen LogP contribution in [0.3, 0.4) is 0 Å². The van der Waals surface area contributed by atoms with E-state index in [1.165, 1.54) is 23.5 Å². The van der Waals surface area contributed by atoms with Gasteiger partial charge in [-0.2, -0.15) is 0 Å². The van der Waals surface area contributed by atoms with Crippen molar-refractivity contribution in [1.29, 1.82) is 0 Å². The average molecular weight is 422 g/mol. The molecule has 0 fully saturated rings. The maximum Gasteiger partial charge on any atom is 0.270 e. The molecule has 3 aromatic rings. The monoisotopic (exact) mass is 421 g/mol. The van der Waals surface area contributed by atoms with Crippen molar-refractivity contribution in [2.45, 2.75) is 13.8 Å². The first-order valence-electron chi connectivity index (χ1n) is 7.75. The smallest absolute Gasteiger partial charge is 0.270 e. The van der Waals surface area contributed by atoms with Crippen LogP contribution in [-0.2, 0) is 0 Å². The molecule has 1 N–H and O–H groups in total. The van der Waals surface area contributed by atoms with Crippen molar-refractivity contribution in [3.05, 3.63) is 72.6 Å². The zero-order chi connectivity index (χ0) is 19.7. The number of nitrogens with zero attached hydrogens (tertiary/aromatic N) is 2. The molecule has 27 heavy (non-hydrogen) atoms. The fraction of sp³-hybridized carbons (Fsp3) is 0.111. The molecule has 0 saturated carbocycles. The van der Waals surface area contributed by atoms with Gasteiger partial charge in [-0.3, -0.25) is 20.2 Å². The number of hydrogen-bond acceptors (Lipinski definition) is 5. The van der Waals surface area contributed by atoms with Gasteiger partial charge in [0.1, 0.15) is 0 Å². The Labute approximate surface area is 168 Å². The molecule has 6 nitrogen and oxygen atoms in total. The van der Waals surface area contributed by atoms with E-state index in [0.717, 1.165) is 22.1 Å². The molecule has 138 valence electrons. The first kappa shape index (κ1) is 19.3. The molecule has 1 amide bonds. The van der Waals surface area contributed by atoms with Gasteiger partial charge in [0, 0.05) is 27.6 Å². The molecule has 0 radical (unpaired) electrons. The minimum Gasteiger partial charge on any atom is -0.298 e. The van der Waals surface area contributed by atoms with Gasteiger partial charge < -0.3 is 0 Å². The summed E-state index contributed by atoms with van der Waals surface area (Å²) in [6, 6.07) is 9.33. The summed E-state index contributed by atoms with van der Waals surface area (Å²) in [5, 5.41) is 14.7. The van der Waals surface area contributed by atoms with Crippen molar-refractivity contribution in [3.63, 3.8) is 0 Å². The summed E-state index contributed by atoms with van der Waals surface area (Å²) >= 11 is 13.5. The number of hydrogen-bond donors (Lipinski definition) is 1. The van der Waals surface area contributed by atoms with E-state index < -0.39 is 10.8 Å². The number of amides is 1. The Kier molecular flexibility index (Phi) is 5.46. The van der Waals surface area contributed by atoms with Crippen LogP contribution in [0.2, 0.25) is 10.0 Å². The quantitative estimate of drug-likeness (QED) is 0.419. The number of nitro groups is 1. The van der Waals surface area contributed by atoms with Crippen LogP contribution < -0.4 is 5.32 Å². The summed E-state index contributed by atoms with van der Waals surface area (Å²) in [6.07, 6.45) is 0. The van der Waals surface area contributed by atoms with E-state index in [1.807, 2.05) is 32.0 Å². The molecule has 9 heteroatoms. The molecular formula is C18H13Cl2N3O3S. The van der Waals surface area contributed by atoms with Gasteiger partial charge in [-0.15, -0.1) is 11.3 Å². The van der Waals surface area contributed by atoms with Crippen LogP contribution in [-0.4, -0.2) is 15.8 Å². The predicted molar refractivity (Wildman–Crippen MR) is 108 cm³/mol. The summed E-state index contributed by atoms with van der Waals surface area (Å²) < 4.78 is 0. The van der Waals surface area contributed by atoms with Crippen molar-refractivity contribution in [3.8, 4) is 11.3 Å². The molecule has 0 spiro atoms. The van der Waals surface area contributed by atoms with E-state index in [9.17, 15) is 14.9 Å². The molecule has 0 saturated heterocycles. The predicted octanol–water partition coefficient (Wildman–Crippen LogP) is 5.89. The first-order valence-corrected chi connectivity index (χ1v) is 9.32. The Morgan fingerprint density at radius 3 is 2.56 bits per heavy atom. The lowest BCUT2D eigenvalue weighted by Crippen LogP contribution is -2.12. The van der Waals surface area contributed by atoms with Crippen molar-refractivity contribution in [2.75, 3.05) is 5.32 Å². The van der Waals surface area contributed by atoms with Crippen molar-refractivity contribution < 1.29 is 9.72 Å². The lowest BCUT2D eigenvalue weighted by atomic mass is 10.1. The molecule has 3 rings (SSSR count). The number of aromatic nitrogens is 1. The van der Waals surface area contributed by atoms with Crippen LogP contribution in [0.15, 0.2) is 36.4 Å². The number of halogens is 2. The molecule has 0 aliphatic rings. The minimum atomic E-state index is -0.583. The summed E-state index contributed by atoms with van der Waals surface area (Å²) in [6.45, 7) is 3.80. The number of non-ortho nitro benzene ring substituents is 1. The highest BCUT2D eigenvalue weighted by Gasteiger charge is 2.18. The second-order valence-corrected chi connectivity index (χ2v) is 7.78. The van der Waals surface area contributed by atoms with Gasteiger partial charge >= 0.3 is 0 Å². The Morgan fingerprint density at radius 2 is 1.89 bits per heavy atom. The highest BCUT2D eigenvalue weighted by Crippen LogP contribution is 2.33. The molecule has 0 bridgehead atoms. The minimum absolute atomic E-state index is 0.0126. The Hall–Kier alpha value is -2.48. The van der Waals surface area contributed by atoms with Crippen molar-refractivity contribution >= 4 is 51.3 Å². The van der Waals surface area contributed by atoms with E-state index in [0.29, 0.717) is 15.8 Å². The van der Waals surface area contributed by atoms with Crippen LogP contribution in [0.4, 0.5) is 10.8 Å². The van der Waals surface area contributed by atoms with Gasteiger partial charge in [0.25, 0.3) is 11.6 Å². The number of rotatable bonds is 4. The van der Waals surface area contributed by atoms with Gasteiger partial charge in [-0.1, -0.05) is 35.3 Å². The van der Waals surface area contributed by atoms with E-state index in [-0.39, 0.29) is 16.3 Å². The topological polar surface area (TPSA) is 85.1 Å². The molecule has 1 heterocycles. The van der Waals surface area contributed by atoms with Crippen LogP contribution >= 0.6 is 34.5 Å². The Bertz CT molecular complexity index is 1070. The molecule has 0 aliphatic heterocycles. The zero-order valence-corrected chi connectivity index (χ0v) is 16.6. The van der Waals surface area contributed by atoms with E-state index in [1.54, 1.807) is 0 Å². The van der Waals surface area contributed by atoms with Crippen LogP contribution in [0.5, 0.6) is 0 Å². The van der Waals surface area contributed by atoms with E-state index in [2.05, 4.69) is 10.3 Å². The van der Waals surface area contributed by atoms with E-state index >= 15 is 0 Å². The van der Waals surface area contributed by atoms with Crippen LogP contribution in [0.25, 0.3) is 11.3 Å². The highest BCUT2D eigenvalue weighted by molar-refractivity contribution is 7.16. The SMILES string of the molecule is Cc1ccc(-c2nc(NC(=O)c3cc([N+](=O)[O-])ccc3Cl)sc2C)cc1Cl. The number of nitro benzene ring substituents is 1. The number of carbonyl (C=O) groups excluding carboxylic acids is 1. The third-order valence-electron chi connectivity index (χ3n) is 3.87. The van der Waals surface area contributed by atoms with Crippen LogP contribution in [0.1, 0.15) is 20.8 Å². The number of thiazole rings is 1. The van der Waals surface area contributed by atoms with Gasteiger partial charge in [0.2, 0.25) is 0 Å². The van der Waals surface area contributed by atoms with Gasteiger partial charge in [0.15, 0.2) is 5.13 Å². The van der Waals surface area contributed by atoms with Gasteiger partial charge in [0.05, 0.1) is 21.2 Å². The highest BCUT2D eigenvalue weighted by atomic mass is 35.5. The first-order chi connectivity index (χ1) is 12.8. The molecule has 0 aliphatic carbocycles. The number of benzene rings is 2. The van der Waals surface area contributed by atoms with Crippen molar-refractivity contribution in [1.82, 2.24) is 4.98 Å². The maximum absolute atomic E-state index is 12.5. The molecular weight excluding hydrogens is 409 g/mol. The summed E-state index contributed by atoms with van der Waals surface area (Å²) in [4.78, 5) is 28.2. The number of carbonyl (C=O) groups is 1. The summed E-state index contributed by atoms with van der Waals surface area (Å²) in [5.41, 5.74) is 2.31. The van der Waals surface area contributed by atoms with E-state index in [4.69, 9.17) is 23.2 Å². The Balaban J connectivity index is 1.89. The van der Waals surface area contributed by atoms with Gasteiger partial charge in [-0.25, -0.2) is 4.98 Å². The third-order valence-corrected chi connectivity index (χ3v) is 5.49. The van der Waals surface area contributed by atoms with Crippen molar-refractivity contribution in [2.24, 2.45) is 0 Å². The normalized spacial score (nSPS) is 10.7. The molecule has 0 atom stereocenters. The fourth-order valence-corrected chi connectivity index (χ4v) is 3.64. The maximum atomic E-state index is 12.5. The number of aryl methyl sites for hydroxylation is 2. The molecule has 0 unspecified atom stereocenters. The lowest BCUT2D eigenvalue weighted by Gasteiger charge is -2.04. The average Bonchev–Trinajstić information content (AvgIpc) is 2.97. The largest absolute Gasteiger partial charge is 0.298 e. The fourth-order valence-electron chi connectivity index (χ4n) is 2.42. The number of anilines is 1. The second-order valence-electron chi connectivity index (χ2n) is 5.76.